The van der Waals surface area contributed by atoms with E-state index >= 15 is 0 Å². The molecule has 2 aromatic rings. The van der Waals surface area contributed by atoms with Crippen molar-refractivity contribution in [1.82, 2.24) is 0 Å². The molecule has 0 saturated heterocycles. The normalized spacial score (nSPS) is 11.2. The quantitative estimate of drug-likeness (QED) is 0.158. The molecule has 1 radical (unpaired) electrons. The fourth-order valence-electron chi connectivity index (χ4n) is 3.32. The zero-order valence-corrected chi connectivity index (χ0v) is 23.3. The first-order valence-corrected chi connectivity index (χ1v) is 18.1. The first kappa shape index (κ1) is 28.7. The van der Waals surface area contributed by atoms with E-state index in [0.29, 0.717) is 16.1 Å². The van der Waals surface area contributed by atoms with Gasteiger partial charge in [-0.15, -0.1) is 0 Å². The molecule has 0 saturated carbocycles. The Morgan fingerprint density at radius 1 is 0.938 bits per heavy atom. The smallest absolute Gasteiger partial charge is 0.336 e. The molecule has 0 spiro atoms. The van der Waals surface area contributed by atoms with E-state index < -0.39 is 31.5 Å². The first-order valence-electron chi connectivity index (χ1n) is 11.7. The Hall–Kier alpha value is -1.33. The average Bonchev–Trinajstić information content (AvgIpc) is 2.78. The number of benzene rings is 2. The maximum atomic E-state index is 13.1. The van der Waals surface area contributed by atoms with Crippen LogP contribution in [0.25, 0.3) is 11.6 Å². The van der Waals surface area contributed by atoms with Gasteiger partial charge in [0.25, 0.3) is 0 Å². The molecule has 5 heteroatoms. The summed E-state index contributed by atoms with van der Waals surface area (Å²) in [6.07, 6.45) is 10.3. The van der Waals surface area contributed by atoms with E-state index in [9.17, 15) is 14.3 Å². The van der Waals surface area contributed by atoms with Crippen molar-refractivity contribution in [3.63, 3.8) is 0 Å². The van der Waals surface area contributed by atoms with Crippen LogP contribution in [-0.2, 0) is 4.79 Å². The summed E-state index contributed by atoms with van der Waals surface area (Å²) >= 11 is 4.92. The van der Waals surface area contributed by atoms with Gasteiger partial charge in [-0.2, -0.15) is 0 Å². The first-order chi connectivity index (χ1) is 15.4. The summed E-state index contributed by atoms with van der Waals surface area (Å²) in [5, 5.41) is 9.76. The number of halogens is 2. The zero-order valence-electron chi connectivity index (χ0n) is 19.7. The predicted molar refractivity (Wildman–Crippen MR) is 138 cm³/mol. The summed E-state index contributed by atoms with van der Waals surface area (Å²) in [6.45, 7) is 7.00. The van der Waals surface area contributed by atoms with Crippen LogP contribution in [0.15, 0.2) is 48.5 Å². The summed E-state index contributed by atoms with van der Waals surface area (Å²) in [7, 11) is 0. The summed E-state index contributed by atoms with van der Waals surface area (Å²) < 4.78 is 18.1. The van der Waals surface area contributed by atoms with Crippen molar-refractivity contribution in [2.24, 2.45) is 0 Å². The molecule has 32 heavy (non-hydrogen) atoms. The summed E-state index contributed by atoms with van der Waals surface area (Å²) in [5.74, 6) is -1.49. The standard InChI is InChI=1S/C15H10ClFO2.3C4H9.Sn/c16-12-6-4-11(5-7-12)14(15(18)19)9-10-2-1-3-13(17)8-10;3*1-3-4-2;/h1-9H,(H,18,19);3*1,3-4H2,2H3;/b14-9+;;;;. The van der Waals surface area contributed by atoms with Crippen molar-refractivity contribution < 1.29 is 14.3 Å². The minimum atomic E-state index is -1.08. The molecule has 2 nitrogen and oxygen atoms in total. The molecular weight excluding hydrogens is 529 g/mol. The number of hydrogen-bond acceptors (Lipinski definition) is 1. The summed E-state index contributed by atoms with van der Waals surface area (Å²) in [6, 6.07) is 12.2. The van der Waals surface area contributed by atoms with Crippen molar-refractivity contribution in [3.05, 3.63) is 70.5 Å². The Morgan fingerprint density at radius 3 is 1.91 bits per heavy atom. The van der Waals surface area contributed by atoms with E-state index in [2.05, 4.69) is 20.8 Å². The largest absolute Gasteiger partial charge is 0.478 e. The molecule has 2 aromatic carbocycles. The van der Waals surface area contributed by atoms with E-state index in [1.54, 1.807) is 43.6 Å². The van der Waals surface area contributed by atoms with Crippen LogP contribution in [-0.4, -0.2) is 30.8 Å². The Kier molecular flexibility index (Phi) is 15.4. The molecule has 0 bridgehead atoms. The van der Waals surface area contributed by atoms with Gasteiger partial charge >= 0.3 is 98.3 Å². The summed E-state index contributed by atoms with van der Waals surface area (Å²) in [4.78, 5) is 11.3. The SMILES string of the molecule is CCC[CH2][Sn]([CH2]CCC)[CH2]CCC.O=C(O)/C(=C/c1cccc(F)c1)c1ccc(Cl)cc1. The molecule has 0 aliphatic heterocycles. The third-order valence-electron chi connectivity index (χ3n) is 5.20. The number of aliphatic carboxylic acids is 1. The monoisotopic (exact) mass is 567 g/mol. The number of carboxylic acid groups (broad SMARTS) is 1. The van der Waals surface area contributed by atoms with Crippen LogP contribution in [0, 0.1) is 5.82 Å². The Labute approximate surface area is 205 Å². The van der Waals surface area contributed by atoms with Crippen LogP contribution in [0.1, 0.15) is 70.4 Å². The second-order valence-corrected chi connectivity index (χ2v) is 17.0. The molecule has 0 fully saturated rings. The van der Waals surface area contributed by atoms with Crippen LogP contribution < -0.4 is 0 Å². The second kappa shape index (κ2) is 17.2. The number of unbranched alkanes of at least 4 members (excludes halogenated alkanes) is 3. The average molecular weight is 567 g/mol. The maximum absolute atomic E-state index is 13.1. The Bertz CT molecular complexity index is 802. The van der Waals surface area contributed by atoms with Gasteiger partial charge < -0.3 is 5.11 Å². The molecule has 0 atom stereocenters. The van der Waals surface area contributed by atoms with Gasteiger partial charge in [0.15, 0.2) is 0 Å². The third kappa shape index (κ3) is 12.1. The Balaban J connectivity index is 0.000000347. The fourth-order valence-corrected chi connectivity index (χ4v) is 12.9. The third-order valence-corrected chi connectivity index (χ3v) is 14.5. The molecular formula is C27H37ClFO2Sn. The van der Waals surface area contributed by atoms with Gasteiger partial charge in [-0.05, 0) is 41.5 Å². The van der Waals surface area contributed by atoms with Gasteiger partial charge in [-0.1, -0.05) is 35.9 Å². The van der Waals surface area contributed by atoms with E-state index in [1.165, 1.54) is 62.8 Å². The van der Waals surface area contributed by atoms with Crippen LogP contribution in [0.3, 0.4) is 0 Å². The van der Waals surface area contributed by atoms with Crippen molar-refractivity contribution >= 4 is 49.0 Å². The molecule has 175 valence electrons. The Morgan fingerprint density at radius 2 is 1.47 bits per heavy atom. The predicted octanol–water partition coefficient (Wildman–Crippen LogP) is 8.99. The van der Waals surface area contributed by atoms with Gasteiger partial charge in [0.2, 0.25) is 0 Å². The van der Waals surface area contributed by atoms with Crippen LogP contribution in [0.5, 0.6) is 0 Å². The number of carboxylic acids is 1. The van der Waals surface area contributed by atoms with Crippen LogP contribution >= 0.6 is 11.6 Å². The van der Waals surface area contributed by atoms with E-state index in [-0.39, 0.29) is 5.57 Å². The topological polar surface area (TPSA) is 37.3 Å². The van der Waals surface area contributed by atoms with Crippen molar-refractivity contribution in [2.75, 3.05) is 0 Å². The van der Waals surface area contributed by atoms with E-state index in [1.807, 2.05) is 0 Å². The molecule has 0 heterocycles. The molecule has 0 amide bonds. The number of rotatable bonds is 12. The second-order valence-electron chi connectivity index (χ2n) is 7.99. The molecule has 0 aliphatic carbocycles. The van der Waals surface area contributed by atoms with E-state index in [0.717, 1.165) is 0 Å². The van der Waals surface area contributed by atoms with Crippen molar-refractivity contribution in [1.29, 1.82) is 0 Å². The maximum Gasteiger partial charge on any atom is 0.336 e. The number of carbonyl (C=O) groups is 1. The van der Waals surface area contributed by atoms with Crippen LogP contribution in [0.4, 0.5) is 4.39 Å². The van der Waals surface area contributed by atoms with Crippen LogP contribution in [0.2, 0.25) is 18.3 Å². The molecule has 2 rings (SSSR count). The zero-order chi connectivity index (χ0) is 23.8. The van der Waals surface area contributed by atoms with E-state index in [4.69, 9.17) is 11.6 Å². The van der Waals surface area contributed by atoms with Gasteiger partial charge in [-0.3, -0.25) is 0 Å². The number of hydrogen-bond donors (Lipinski definition) is 1. The van der Waals surface area contributed by atoms with Crippen molar-refractivity contribution in [3.8, 4) is 0 Å². The fraction of sp³-hybridized carbons (Fsp3) is 0.444. The van der Waals surface area contributed by atoms with Gasteiger partial charge in [0, 0.05) is 5.02 Å². The minimum Gasteiger partial charge on any atom is -0.478 e. The van der Waals surface area contributed by atoms with Crippen molar-refractivity contribution in [2.45, 2.75) is 72.6 Å². The minimum absolute atomic E-state index is 0.0854. The molecule has 0 unspecified atom stereocenters. The van der Waals surface area contributed by atoms with Gasteiger partial charge in [-0.25, -0.2) is 9.18 Å². The molecule has 0 aromatic heterocycles. The molecule has 0 aliphatic rings. The van der Waals surface area contributed by atoms with Gasteiger partial charge in [0.1, 0.15) is 5.82 Å². The molecule has 1 N–H and O–H groups in total. The summed E-state index contributed by atoms with van der Waals surface area (Å²) in [5.41, 5.74) is 1.09. The van der Waals surface area contributed by atoms with Gasteiger partial charge in [0.05, 0.1) is 5.57 Å².